The van der Waals surface area contributed by atoms with E-state index in [1.54, 1.807) is 0 Å². The molecule has 0 bridgehead atoms. The molecule has 2 heteroatoms. The molecule has 0 radical (unpaired) electrons. The fourth-order valence-electron chi connectivity index (χ4n) is 1.93. The van der Waals surface area contributed by atoms with Crippen LogP contribution in [0.4, 0.5) is 0 Å². The van der Waals surface area contributed by atoms with E-state index in [1.165, 1.54) is 12.8 Å². The summed E-state index contributed by atoms with van der Waals surface area (Å²) in [6.07, 6.45) is 3.52. The number of hydrogen-bond acceptors (Lipinski definition) is 1. The maximum atomic E-state index is 11.6. The molecule has 0 aromatic carbocycles. The zero-order valence-corrected chi connectivity index (χ0v) is 8.26. The number of amides is 1. The Balaban J connectivity index is 2.41. The zero-order chi connectivity index (χ0) is 9.14. The molecule has 0 aromatic heterocycles. The van der Waals surface area contributed by atoms with Crippen LogP contribution in [-0.2, 0) is 4.79 Å². The van der Waals surface area contributed by atoms with Crippen LogP contribution in [0.1, 0.15) is 40.0 Å². The highest BCUT2D eigenvalue weighted by molar-refractivity contribution is 5.79. The predicted octanol–water partition coefficient (Wildman–Crippen LogP) is 1.95. The lowest BCUT2D eigenvalue weighted by Crippen LogP contribution is -2.36. The summed E-state index contributed by atoms with van der Waals surface area (Å²) >= 11 is 0. The third kappa shape index (κ3) is 2.23. The smallest absolute Gasteiger partial charge is 0.223 e. The molecule has 0 spiro atoms. The Hall–Kier alpha value is -0.530. The molecule has 0 heterocycles. The fourth-order valence-corrected chi connectivity index (χ4v) is 1.93. The summed E-state index contributed by atoms with van der Waals surface area (Å²) in [6.45, 7) is 6.20. The molecule has 0 saturated heterocycles. The lowest BCUT2D eigenvalue weighted by atomic mass is 9.97. The van der Waals surface area contributed by atoms with Crippen molar-refractivity contribution in [1.29, 1.82) is 0 Å². The van der Waals surface area contributed by atoms with Gasteiger partial charge < -0.3 is 5.32 Å². The normalized spacial score (nSPS) is 29.3. The molecule has 70 valence electrons. The van der Waals surface area contributed by atoms with Gasteiger partial charge in [0.05, 0.1) is 0 Å². The van der Waals surface area contributed by atoms with Crippen molar-refractivity contribution >= 4 is 5.91 Å². The third-order valence-corrected chi connectivity index (χ3v) is 2.63. The van der Waals surface area contributed by atoms with Crippen LogP contribution in [0.25, 0.3) is 0 Å². The van der Waals surface area contributed by atoms with Gasteiger partial charge in [-0.25, -0.2) is 0 Å². The van der Waals surface area contributed by atoms with Gasteiger partial charge in [-0.1, -0.05) is 13.3 Å². The molecule has 1 amide bonds. The van der Waals surface area contributed by atoms with Gasteiger partial charge in [0.2, 0.25) is 5.91 Å². The molecular formula is C10H19NO. The largest absolute Gasteiger partial charge is 0.354 e. The minimum absolute atomic E-state index is 0.259. The number of nitrogens with one attached hydrogen (secondary N) is 1. The summed E-state index contributed by atoms with van der Waals surface area (Å²) in [5, 5.41) is 2.98. The van der Waals surface area contributed by atoms with Crippen molar-refractivity contribution in [3.05, 3.63) is 0 Å². The van der Waals surface area contributed by atoms with Crippen LogP contribution in [0.2, 0.25) is 0 Å². The van der Waals surface area contributed by atoms with Gasteiger partial charge in [0, 0.05) is 12.0 Å². The molecule has 2 nitrogen and oxygen atoms in total. The van der Waals surface area contributed by atoms with Crippen molar-refractivity contribution in [3.8, 4) is 0 Å². The van der Waals surface area contributed by atoms with Crippen LogP contribution >= 0.6 is 0 Å². The minimum atomic E-state index is 0.259. The molecule has 0 aliphatic heterocycles. The second-order valence-electron chi connectivity index (χ2n) is 4.18. The minimum Gasteiger partial charge on any atom is -0.354 e. The third-order valence-electron chi connectivity index (χ3n) is 2.63. The monoisotopic (exact) mass is 169 g/mol. The Kier molecular flexibility index (Phi) is 3.12. The number of rotatable bonds is 2. The van der Waals surface area contributed by atoms with Crippen molar-refractivity contribution in [2.75, 3.05) is 0 Å². The Morgan fingerprint density at radius 3 is 2.50 bits per heavy atom. The number of carbonyl (C=O) groups is 1. The van der Waals surface area contributed by atoms with Crippen molar-refractivity contribution < 1.29 is 4.79 Å². The van der Waals surface area contributed by atoms with Crippen LogP contribution in [0.15, 0.2) is 0 Å². The summed E-state index contributed by atoms with van der Waals surface area (Å²) < 4.78 is 0. The predicted molar refractivity (Wildman–Crippen MR) is 49.8 cm³/mol. The van der Waals surface area contributed by atoms with Crippen molar-refractivity contribution in [2.24, 2.45) is 11.8 Å². The molecule has 1 saturated carbocycles. The van der Waals surface area contributed by atoms with Crippen molar-refractivity contribution in [1.82, 2.24) is 5.32 Å². The molecule has 2 atom stereocenters. The summed E-state index contributed by atoms with van der Waals surface area (Å²) in [5.41, 5.74) is 0. The highest BCUT2D eigenvalue weighted by atomic mass is 16.1. The lowest BCUT2D eigenvalue weighted by Gasteiger charge is -2.16. The van der Waals surface area contributed by atoms with Crippen LogP contribution in [0.3, 0.4) is 0 Å². The van der Waals surface area contributed by atoms with Gasteiger partial charge in [0.1, 0.15) is 0 Å². The Bertz CT molecular complexity index is 165. The van der Waals surface area contributed by atoms with Gasteiger partial charge in [-0.05, 0) is 32.6 Å². The van der Waals surface area contributed by atoms with Crippen molar-refractivity contribution in [3.63, 3.8) is 0 Å². The number of hydrogen-bond donors (Lipinski definition) is 1. The highest BCUT2D eigenvalue weighted by Crippen LogP contribution is 2.31. The van der Waals surface area contributed by atoms with Gasteiger partial charge in [-0.2, -0.15) is 0 Å². The van der Waals surface area contributed by atoms with E-state index in [4.69, 9.17) is 0 Å². The van der Waals surface area contributed by atoms with E-state index in [0.717, 1.165) is 6.42 Å². The van der Waals surface area contributed by atoms with Gasteiger partial charge in [0.15, 0.2) is 0 Å². The summed E-state index contributed by atoms with van der Waals surface area (Å²) in [7, 11) is 0. The zero-order valence-electron chi connectivity index (χ0n) is 8.26. The Morgan fingerprint density at radius 2 is 2.08 bits per heavy atom. The second kappa shape index (κ2) is 3.92. The van der Waals surface area contributed by atoms with Gasteiger partial charge in [0.25, 0.3) is 0 Å². The summed E-state index contributed by atoms with van der Waals surface area (Å²) in [5.74, 6) is 1.13. The van der Waals surface area contributed by atoms with Crippen LogP contribution in [0, 0.1) is 11.8 Å². The van der Waals surface area contributed by atoms with Crippen LogP contribution < -0.4 is 5.32 Å². The van der Waals surface area contributed by atoms with E-state index in [-0.39, 0.29) is 17.9 Å². The average molecular weight is 169 g/mol. The first-order chi connectivity index (χ1) is 5.61. The topological polar surface area (TPSA) is 29.1 Å². The van der Waals surface area contributed by atoms with E-state index in [1.807, 2.05) is 13.8 Å². The molecule has 1 N–H and O–H groups in total. The van der Waals surface area contributed by atoms with Crippen LogP contribution in [-0.4, -0.2) is 11.9 Å². The number of carbonyl (C=O) groups excluding carboxylic acids is 1. The SMILES string of the molecule is CC(C)NC(=O)C1CCCC1C. The van der Waals surface area contributed by atoms with E-state index < -0.39 is 0 Å². The van der Waals surface area contributed by atoms with E-state index in [0.29, 0.717) is 5.92 Å². The average Bonchev–Trinajstić information content (AvgIpc) is 2.33. The first-order valence-corrected chi connectivity index (χ1v) is 4.91. The van der Waals surface area contributed by atoms with Crippen molar-refractivity contribution in [2.45, 2.75) is 46.1 Å². The molecule has 2 unspecified atom stereocenters. The fraction of sp³-hybridized carbons (Fsp3) is 0.900. The molecule has 0 aromatic rings. The molecule has 1 fully saturated rings. The Morgan fingerprint density at radius 1 is 1.42 bits per heavy atom. The van der Waals surface area contributed by atoms with E-state index >= 15 is 0 Å². The summed E-state index contributed by atoms with van der Waals surface area (Å²) in [4.78, 5) is 11.6. The molecular weight excluding hydrogens is 150 g/mol. The lowest BCUT2D eigenvalue weighted by molar-refractivity contribution is -0.126. The molecule has 1 aliphatic rings. The van der Waals surface area contributed by atoms with Gasteiger partial charge in [-0.3, -0.25) is 4.79 Å². The van der Waals surface area contributed by atoms with Gasteiger partial charge in [-0.15, -0.1) is 0 Å². The molecule has 1 aliphatic carbocycles. The highest BCUT2D eigenvalue weighted by Gasteiger charge is 2.29. The first-order valence-electron chi connectivity index (χ1n) is 4.91. The van der Waals surface area contributed by atoms with E-state index in [9.17, 15) is 4.79 Å². The molecule has 1 rings (SSSR count). The summed E-state index contributed by atoms with van der Waals surface area (Å²) in [6, 6.07) is 0.283. The van der Waals surface area contributed by atoms with Gasteiger partial charge >= 0.3 is 0 Å². The first kappa shape index (κ1) is 9.56. The maximum absolute atomic E-state index is 11.6. The Labute approximate surface area is 74.7 Å². The van der Waals surface area contributed by atoms with Crippen LogP contribution in [0.5, 0.6) is 0 Å². The molecule has 12 heavy (non-hydrogen) atoms. The second-order valence-corrected chi connectivity index (χ2v) is 4.18. The quantitative estimate of drug-likeness (QED) is 0.672. The maximum Gasteiger partial charge on any atom is 0.223 e. The standard InChI is InChI=1S/C10H19NO/c1-7(2)11-10(12)9-6-4-5-8(9)3/h7-9H,4-6H2,1-3H3,(H,11,12). The van der Waals surface area contributed by atoms with E-state index in [2.05, 4.69) is 12.2 Å².